The van der Waals surface area contributed by atoms with E-state index < -0.39 is 12.1 Å². The molecule has 1 aromatic rings. The number of carbonyl (C=O) groups is 1. The number of hydrogen-bond acceptors (Lipinski definition) is 3. The van der Waals surface area contributed by atoms with Crippen LogP contribution in [0.2, 0.25) is 10.0 Å². The summed E-state index contributed by atoms with van der Waals surface area (Å²) in [5, 5.41) is 10.6. The quantitative estimate of drug-likeness (QED) is 0.672. The second-order valence-electron chi connectivity index (χ2n) is 3.09. The number of ether oxygens (including phenoxy) is 1. The van der Waals surface area contributed by atoms with Crippen LogP contribution in [-0.4, -0.2) is 18.2 Å². The first-order valence-electron chi connectivity index (χ1n) is 4.37. The minimum absolute atomic E-state index is 0.0771. The molecule has 0 fully saturated rings. The van der Waals surface area contributed by atoms with Gasteiger partial charge in [-0.25, -0.2) is 4.79 Å². The molecule has 1 rings (SSSR count). The Morgan fingerprint density at radius 2 is 2.12 bits per heavy atom. The molecule has 16 heavy (non-hydrogen) atoms. The summed E-state index contributed by atoms with van der Waals surface area (Å²) < 4.78 is 4.45. The molecule has 0 spiro atoms. The van der Waals surface area contributed by atoms with Gasteiger partial charge in [-0.05, 0) is 12.1 Å². The third kappa shape index (κ3) is 2.76. The van der Waals surface area contributed by atoms with Crippen molar-refractivity contribution in [2.45, 2.75) is 6.10 Å². The molecule has 1 unspecified atom stereocenters. The molecule has 3 nitrogen and oxygen atoms in total. The molecule has 1 atom stereocenters. The zero-order valence-corrected chi connectivity index (χ0v) is 10.0. The smallest absolute Gasteiger partial charge is 0.336 e. The Hall–Kier alpha value is -1.03. The number of esters is 1. The van der Waals surface area contributed by atoms with Gasteiger partial charge >= 0.3 is 5.97 Å². The van der Waals surface area contributed by atoms with Crippen LogP contribution in [0.3, 0.4) is 0 Å². The fourth-order valence-corrected chi connectivity index (χ4v) is 1.67. The van der Waals surface area contributed by atoms with Gasteiger partial charge in [0.1, 0.15) is 6.10 Å². The lowest BCUT2D eigenvalue weighted by molar-refractivity contribution is -0.137. The van der Waals surface area contributed by atoms with Crippen LogP contribution < -0.4 is 0 Å². The number of aliphatic hydroxyl groups excluding tert-OH is 1. The molecular weight excluding hydrogens is 251 g/mol. The Morgan fingerprint density at radius 1 is 1.50 bits per heavy atom. The maximum Gasteiger partial charge on any atom is 0.336 e. The number of hydrogen-bond donors (Lipinski definition) is 1. The highest BCUT2D eigenvalue weighted by Crippen LogP contribution is 2.29. The molecule has 1 aromatic carbocycles. The second kappa shape index (κ2) is 5.34. The maximum atomic E-state index is 11.2. The van der Waals surface area contributed by atoms with E-state index in [1.807, 2.05) is 0 Å². The summed E-state index contributed by atoms with van der Waals surface area (Å²) >= 11 is 11.6. The van der Waals surface area contributed by atoms with Crippen molar-refractivity contribution >= 4 is 29.2 Å². The van der Waals surface area contributed by atoms with E-state index in [0.717, 1.165) is 0 Å². The van der Waals surface area contributed by atoms with Crippen LogP contribution in [0.4, 0.5) is 0 Å². The Labute approximate surface area is 103 Å². The predicted molar refractivity (Wildman–Crippen MR) is 62.6 cm³/mol. The number of carbonyl (C=O) groups excluding carboxylic acids is 1. The first kappa shape index (κ1) is 13.0. The van der Waals surface area contributed by atoms with Crippen LogP contribution in [0.25, 0.3) is 0 Å². The van der Waals surface area contributed by atoms with Crippen LogP contribution in [0.15, 0.2) is 30.4 Å². The molecule has 0 aromatic heterocycles. The SMILES string of the molecule is C=C(C(=O)OC)C(O)c1ccc(Cl)cc1Cl. The van der Waals surface area contributed by atoms with Crippen LogP contribution in [0, 0.1) is 0 Å². The lowest BCUT2D eigenvalue weighted by Crippen LogP contribution is -2.12. The van der Waals surface area contributed by atoms with Crippen LogP contribution >= 0.6 is 23.2 Å². The van der Waals surface area contributed by atoms with Gasteiger partial charge in [0.25, 0.3) is 0 Å². The van der Waals surface area contributed by atoms with Crippen molar-refractivity contribution in [2.75, 3.05) is 7.11 Å². The minimum atomic E-state index is -1.20. The Morgan fingerprint density at radius 3 is 2.62 bits per heavy atom. The van der Waals surface area contributed by atoms with Crippen molar-refractivity contribution in [1.29, 1.82) is 0 Å². The fraction of sp³-hybridized carbons (Fsp3) is 0.182. The number of rotatable bonds is 3. The first-order chi connectivity index (χ1) is 7.47. The topological polar surface area (TPSA) is 46.5 Å². The van der Waals surface area contributed by atoms with E-state index in [1.54, 1.807) is 6.07 Å². The number of benzene rings is 1. The average Bonchev–Trinajstić information content (AvgIpc) is 2.26. The van der Waals surface area contributed by atoms with E-state index in [0.29, 0.717) is 10.6 Å². The van der Waals surface area contributed by atoms with Crippen LogP contribution in [0.5, 0.6) is 0 Å². The molecule has 0 aliphatic rings. The molecule has 0 saturated heterocycles. The van der Waals surface area contributed by atoms with Crippen molar-refractivity contribution in [3.63, 3.8) is 0 Å². The summed E-state index contributed by atoms with van der Waals surface area (Å²) in [6.45, 7) is 3.45. The lowest BCUT2D eigenvalue weighted by Gasteiger charge is -2.13. The summed E-state index contributed by atoms with van der Waals surface area (Å²) in [5.74, 6) is -0.682. The third-order valence-corrected chi connectivity index (χ3v) is 2.60. The third-order valence-electron chi connectivity index (χ3n) is 2.03. The zero-order valence-electron chi connectivity index (χ0n) is 8.54. The van der Waals surface area contributed by atoms with Gasteiger partial charge in [0.15, 0.2) is 0 Å². The van der Waals surface area contributed by atoms with Gasteiger partial charge in [-0.1, -0.05) is 35.8 Å². The molecule has 0 aliphatic carbocycles. The van der Waals surface area contributed by atoms with E-state index in [4.69, 9.17) is 23.2 Å². The molecule has 0 amide bonds. The first-order valence-corrected chi connectivity index (χ1v) is 5.13. The monoisotopic (exact) mass is 260 g/mol. The highest BCUT2D eigenvalue weighted by molar-refractivity contribution is 6.35. The number of methoxy groups -OCH3 is 1. The second-order valence-corrected chi connectivity index (χ2v) is 3.93. The Bertz CT molecular complexity index is 429. The lowest BCUT2D eigenvalue weighted by atomic mass is 10.0. The molecule has 0 aliphatic heterocycles. The Kier molecular flexibility index (Phi) is 4.35. The molecule has 5 heteroatoms. The fourth-order valence-electron chi connectivity index (χ4n) is 1.15. The van der Waals surface area contributed by atoms with Gasteiger partial charge in [-0.3, -0.25) is 0 Å². The summed E-state index contributed by atoms with van der Waals surface area (Å²) in [6, 6.07) is 4.58. The molecule has 0 bridgehead atoms. The molecule has 0 radical (unpaired) electrons. The molecule has 0 heterocycles. The molecular formula is C11H10Cl2O3. The number of aliphatic hydroxyl groups is 1. The standard InChI is InChI=1S/C11H10Cl2O3/c1-6(11(15)16-2)10(14)8-4-3-7(12)5-9(8)13/h3-5,10,14H,1H2,2H3. The summed E-state index contributed by atoms with van der Waals surface area (Å²) in [5.41, 5.74) is 0.285. The minimum Gasteiger partial charge on any atom is -0.466 e. The van der Waals surface area contributed by atoms with Crippen LogP contribution in [-0.2, 0) is 9.53 Å². The molecule has 86 valence electrons. The highest BCUT2D eigenvalue weighted by atomic mass is 35.5. The highest BCUT2D eigenvalue weighted by Gasteiger charge is 2.21. The van der Waals surface area contributed by atoms with Gasteiger partial charge in [-0.15, -0.1) is 0 Å². The summed E-state index contributed by atoms with van der Waals surface area (Å²) in [7, 11) is 1.21. The van der Waals surface area contributed by atoms with Crippen LogP contribution in [0.1, 0.15) is 11.7 Å². The molecule has 0 saturated carbocycles. The van der Waals surface area contributed by atoms with E-state index >= 15 is 0 Å². The normalized spacial score (nSPS) is 12.0. The van der Waals surface area contributed by atoms with Crippen molar-refractivity contribution in [2.24, 2.45) is 0 Å². The van der Waals surface area contributed by atoms with Crippen molar-refractivity contribution in [3.8, 4) is 0 Å². The van der Waals surface area contributed by atoms with Crippen molar-refractivity contribution in [3.05, 3.63) is 46.0 Å². The van der Waals surface area contributed by atoms with E-state index in [9.17, 15) is 9.90 Å². The largest absolute Gasteiger partial charge is 0.466 e. The predicted octanol–water partition coefficient (Wildman–Crippen LogP) is 2.76. The van der Waals surface area contributed by atoms with Crippen molar-refractivity contribution in [1.82, 2.24) is 0 Å². The summed E-state index contributed by atoms with van der Waals surface area (Å²) in [4.78, 5) is 11.2. The van der Waals surface area contributed by atoms with Gasteiger partial charge in [-0.2, -0.15) is 0 Å². The maximum absolute atomic E-state index is 11.2. The van der Waals surface area contributed by atoms with Gasteiger partial charge in [0.2, 0.25) is 0 Å². The van der Waals surface area contributed by atoms with Crippen molar-refractivity contribution < 1.29 is 14.6 Å². The number of halogens is 2. The van der Waals surface area contributed by atoms with Gasteiger partial charge in [0, 0.05) is 15.6 Å². The van der Waals surface area contributed by atoms with E-state index in [-0.39, 0.29) is 10.6 Å². The summed E-state index contributed by atoms with van der Waals surface area (Å²) in [6.07, 6.45) is -1.20. The molecule has 1 N–H and O–H groups in total. The van der Waals surface area contributed by atoms with E-state index in [2.05, 4.69) is 11.3 Å². The van der Waals surface area contributed by atoms with Gasteiger partial charge in [0.05, 0.1) is 12.7 Å². The zero-order chi connectivity index (χ0) is 12.3. The average molecular weight is 261 g/mol. The van der Waals surface area contributed by atoms with Gasteiger partial charge < -0.3 is 9.84 Å². The van der Waals surface area contributed by atoms with E-state index in [1.165, 1.54) is 19.2 Å². The Balaban J connectivity index is 3.01.